The molecular formula is C16H23NO3. The summed E-state index contributed by atoms with van der Waals surface area (Å²) in [6.45, 7) is 2.54. The van der Waals surface area contributed by atoms with Crippen molar-refractivity contribution in [3.8, 4) is 5.75 Å². The van der Waals surface area contributed by atoms with Crippen LogP contribution in [0.3, 0.4) is 0 Å². The van der Waals surface area contributed by atoms with Crippen molar-refractivity contribution >= 4 is 5.91 Å². The van der Waals surface area contributed by atoms with Crippen LogP contribution in [0.4, 0.5) is 0 Å². The summed E-state index contributed by atoms with van der Waals surface area (Å²) < 4.78 is 10.4. The van der Waals surface area contributed by atoms with Gasteiger partial charge in [0.15, 0.2) is 0 Å². The summed E-state index contributed by atoms with van der Waals surface area (Å²) in [4.78, 5) is 11.8. The zero-order valence-electron chi connectivity index (χ0n) is 12.1. The van der Waals surface area contributed by atoms with Gasteiger partial charge in [0, 0.05) is 19.8 Å². The molecule has 1 atom stereocenters. The van der Waals surface area contributed by atoms with Crippen LogP contribution in [0.2, 0.25) is 0 Å². The first-order valence-electron chi connectivity index (χ1n) is 7.25. The van der Waals surface area contributed by atoms with E-state index >= 15 is 0 Å². The molecular weight excluding hydrogens is 254 g/mol. The Morgan fingerprint density at radius 1 is 1.40 bits per heavy atom. The van der Waals surface area contributed by atoms with Crippen molar-refractivity contribution in [2.75, 3.05) is 26.9 Å². The Kier molecular flexibility index (Phi) is 5.87. The molecule has 1 N–H and O–H groups in total. The maximum Gasteiger partial charge on any atom is 0.224 e. The molecule has 0 aliphatic carbocycles. The molecule has 1 fully saturated rings. The van der Waals surface area contributed by atoms with E-state index in [1.165, 1.54) is 6.42 Å². The molecule has 1 aliphatic heterocycles. The van der Waals surface area contributed by atoms with Gasteiger partial charge in [-0.2, -0.15) is 0 Å². The van der Waals surface area contributed by atoms with E-state index in [0.717, 1.165) is 43.9 Å². The lowest BCUT2D eigenvalue weighted by Crippen LogP contribution is -2.26. The molecule has 20 heavy (non-hydrogen) atoms. The number of amides is 1. The molecule has 110 valence electrons. The first kappa shape index (κ1) is 14.9. The third kappa shape index (κ3) is 4.85. The van der Waals surface area contributed by atoms with Crippen LogP contribution in [-0.2, 0) is 16.0 Å². The Balaban J connectivity index is 1.61. The van der Waals surface area contributed by atoms with E-state index in [2.05, 4.69) is 5.32 Å². The number of benzene rings is 1. The lowest BCUT2D eigenvalue weighted by atomic mass is 10.0. The average Bonchev–Trinajstić information content (AvgIpc) is 2.98. The van der Waals surface area contributed by atoms with E-state index in [9.17, 15) is 4.79 Å². The van der Waals surface area contributed by atoms with Crippen LogP contribution in [0.25, 0.3) is 0 Å². The highest BCUT2D eigenvalue weighted by atomic mass is 16.5. The lowest BCUT2D eigenvalue weighted by molar-refractivity contribution is -0.120. The van der Waals surface area contributed by atoms with Crippen LogP contribution in [0.5, 0.6) is 5.75 Å². The van der Waals surface area contributed by atoms with E-state index < -0.39 is 0 Å². The minimum absolute atomic E-state index is 0.0813. The van der Waals surface area contributed by atoms with E-state index in [-0.39, 0.29) is 5.91 Å². The summed E-state index contributed by atoms with van der Waals surface area (Å²) in [6.07, 6.45) is 3.77. The minimum Gasteiger partial charge on any atom is -0.497 e. The van der Waals surface area contributed by atoms with Crippen LogP contribution >= 0.6 is 0 Å². The molecule has 1 aliphatic rings. The average molecular weight is 277 g/mol. The van der Waals surface area contributed by atoms with Crippen LogP contribution in [-0.4, -0.2) is 32.8 Å². The van der Waals surface area contributed by atoms with Gasteiger partial charge >= 0.3 is 0 Å². The molecule has 0 saturated carbocycles. The largest absolute Gasteiger partial charge is 0.497 e. The van der Waals surface area contributed by atoms with Gasteiger partial charge in [-0.3, -0.25) is 4.79 Å². The molecule has 2 rings (SSSR count). The van der Waals surface area contributed by atoms with Crippen molar-refractivity contribution < 1.29 is 14.3 Å². The fraction of sp³-hybridized carbons (Fsp3) is 0.562. The fourth-order valence-electron chi connectivity index (χ4n) is 2.42. The highest BCUT2D eigenvalue weighted by Crippen LogP contribution is 2.17. The van der Waals surface area contributed by atoms with Crippen molar-refractivity contribution in [3.63, 3.8) is 0 Å². The summed E-state index contributed by atoms with van der Waals surface area (Å²) in [5.74, 6) is 1.58. The van der Waals surface area contributed by atoms with Gasteiger partial charge in [0.2, 0.25) is 5.91 Å². The predicted octanol–water partition coefficient (Wildman–Crippen LogP) is 2.17. The standard InChI is InChI=1S/C16H23NO3/c1-19-15-6-4-13(5-7-15)11-16(18)17-9-2-3-14-8-10-20-12-14/h4-7,14H,2-3,8-12H2,1H3,(H,17,18)/t14-/m0/s1. The number of hydrogen-bond donors (Lipinski definition) is 1. The molecule has 0 bridgehead atoms. The first-order valence-corrected chi connectivity index (χ1v) is 7.25. The number of hydrogen-bond acceptors (Lipinski definition) is 3. The van der Waals surface area contributed by atoms with Gasteiger partial charge < -0.3 is 14.8 Å². The van der Waals surface area contributed by atoms with Gasteiger partial charge in [0.25, 0.3) is 0 Å². The molecule has 0 aromatic heterocycles. The SMILES string of the molecule is COc1ccc(CC(=O)NCCC[C@H]2CCOC2)cc1. The van der Waals surface area contributed by atoms with Crippen LogP contribution in [0.15, 0.2) is 24.3 Å². The second kappa shape index (κ2) is 7.90. The van der Waals surface area contributed by atoms with Crippen molar-refractivity contribution in [1.82, 2.24) is 5.32 Å². The number of nitrogens with one attached hydrogen (secondary N) is 1. The van der Waals surface area contributed by atoms with Gasteiger partial charge in [0.1, 0.15) is 5.75 Å². The molecule has 1 amide bonds. The van der Waals surface area contributed by atoms with Crippen molar-refractivity contribution in [1.29, 1.82) is 0 Å². The van der Waals surface area contributed by atoms with Crippen LogP contribution < -0.4 is 10.1 Å². The Labute approximate surface area is 120 Å². The molecule has 0 spiro atoms. The zero-order valence-corrected chi connectivity index (χ0v) is 12.1. The molecule has 0 radical (unpaired) electrons. The van der Waals surface area contributed by atoms with Gasteiger partial charge in [-0.05, 0) is 42.9 Å². The molecule has 4 nitrogen and oxygen atoms in total. The van der Waals surface area contributed by atoms with Crippen molar-refractivity contribution in [3.05, 3.63) is 29.8 Å². The lowest BCUT2D eigenvalue weighted by Gasteiger charge is -2.08. The van der Waals surface area contributed by atoms with Gasteiger partial charge in [-0.15, -0.1) is 0 Å². The van der Waals surface area contributed by atoms with E-state index in [1.807, 2.05) is 24.3 Å². The number of methoxy groups -OCH3 is 1. The highest BCUT2D eigenvalue weighted by molar-refractivity contribution is 5.78. The molecule has 1 aromatic carbocycles. The van der Waals surface area contributed by atoms with Gasteiger partial charge in [-0.25, -0.2) is 0 Å². The molecule has 4 heteroatoms. The zero-order chi connectivity index (χ0) is 14.2. The maximum atomic E-state index is 11.8. The number of rotatable bonds is 7. The summed E-state index contributed by atoms with van der Waals surface area (Å²) in [7, 11) is 1.64. The predicted molar refractivity (Wildman–Crippen MR) is 77.9 cm³/mol. The molecule has 1 heterocycles. The highest BCUT2D eigenvalue weighted by Gasteiger charge is 2.14. The summed E-state index contributed by atoms with van der Waals surface area (Å²) in [5, 5.41) is 2.97. The number of carbonyl (C=O) groups excluding carboxylic acids is 1. The van der Waals surface area contributed by atoms with Crippen LogP contribution in [0, 0.1) is 5.92 Å². The maximum absolute atomic E-state index is 11.8. The minimum atomic E-state index is 0.0813. The Morgan fingerprint density at radius 2 is 2.20 bits per heavy atom. The Hall–Kier alpha value is -1.55. The van der Waals surface area contributed by atoms with Gasteiger partial charge in [-0.1, -0.05) is 12.1 Å². The quantitative estimate of drug-likeness (QED) is 0.777. The van der Waals surface area contributed by atoms with E-state index in [0.29, 0.717) is 12.3 Å². The topological polar surface area (TPSA) is 47.6 Å². The smallest absolute Gasteiger partial charge is 0.224 e. The third-order valence-corrected chi connectivity index (χ3v) is 3.66. The summed E-state index contributed by atoms with van der Waals surface area (Å²) in [6, 6.07) is 7.61. The second-order valence-electron chi connectivity index (χ2n) is 5.25. The first-order chi connectivity index (χ1) is 9.78. The Morgan fingerprint density at radius 3 is 2.85 bits per heavy atom. The fourth-order valence-corrected chi connectivity index (χ4v) is 2.42. The second-order valence-corrected chi connectivity index (χ2v) is 5.25. The normalized spacial score (nSPS) is 17.9. The van der Waals surface area contributed by atoms with Gasteiger partial charge in [0.05, 0.1) is 13.5 Å². The third-order valence-electron chi connectivity index (χ3n) is 3.66. The molecule has 1 saturated heterocycles. The van der Waals surface area contributed by atoms with Crippen molar-refractivity contribution in [2.24, 2.45) is 5.92 Å². The van der Waals surface area contributed by atoms with E-state index in [4.69, 9.17) is 9.47 Å². The van der Waals surface area contributed by atoms with Crippen LogP contribution in [0.1, 0.15) is 24.8 Å². The summed E-state index contributed by atoms with van der Waals surface area (Å²) >= 11 is 0. The Bertz CT molecular complexity index is 410. The monoisotopic (exact) mass is 277 g/mol. The van der Waals surface area contributed by atoms with Crippen molar-refractivity contribution in [2.45, 2.75) is 25.7 Å². The molecule has 0 unspecified atom stereocenters. The number of ether oxygens (including phenoxy) is 2. The van der Waals surface area contributed by atoms with E-state index in [1.54, 1.807) is 7.11 Å². The molecule has 1 aromatic rings. The number of carbonyl (C=O) groups is 1. The summed E-state index contributed by atoms with van der Waals surface area (Å²) in [5.41, 5.74) is 1.01.